The number of nitrogens with zero attached hydrogens (tertiary/aromatic N) is 2. The van der Waals surface area contributed by atoms with Crippen molar-refractivity contribution in [3.63, 3.8) is 0 Å². The zero-order valence-electron chi connectivity index (χ0n) is 13.7. The van der Waals surface area contributed by atoms with Gasteiger partial charge in [0.1, 0.15) is 23.6 Å². The van der Waals surface area contributed by atoms with Gasteiger partial charge in [0, 0.05) is 11.4 Å². The lowest BCUT2D eigenvalue weighted by Crippen LogP contribution is -2.05. The molecule has 1 aromatic heterocycles. The number of hydrogen-bond acceptors (Lipinski definition) is 6. The third-order valence-corrected chi connectivity index (χ3v) is 3.42. The fourth-order valence-corrected chi connectivity index (χ4v) is 2.20. The van der Waals surface area contributed by atoms with Crippen LogP contribution in [0.3, 0.4) is 0 Å². The molecule has 0 amide bonds. The molecule has 7 heteroatoms. The highest BCUT2D eigenvalue weighted by molar-refractivity contribution is 5.80. The summed E-state index contributed by atoms with van der Waals surface area (Å²) in [4.78, 5) is 8.31. The molecule has 0 saturated carbocycles. The molecule has 0 radical (unpaired) electrons. The first-order chi connectivity index (χ1) is 12.2. The maximum atomic E-state index is 13.0. The number of aromatic nitrogens is 2. The summed E-state index contributed by atoms with van der Waals surface area (Å²) < 4.78 is 18.4. The molecule has 0 bridgehead atoms. The minimum absolute atomic E-state index is 0.306. The summed E-state index contributed by atoms with van der Waals surface area (Å²) in [6, 6.07) is 13.4. The molecule has 0 aliphatic rings. The molecule has 4 N–H and O–H groups in total. The van der Waals surface area contributed by atoms with Crippen LogP contribution < -0.4 is 21.1 Å². The predicted octanol–water partition coefficient (Wildman–Crippen LogP) is 4.08. The standard InChI is InChI=1S/C18H18FN5O/c1-2-25-15-9-7-14(8-10-15)24-18-16(20)17(21-11-22-18)23-13-5-3-12(19)4-6-13/h3-11H,2,20H2,1H3,(H2,21,22,23,24). The second-order valence-electron chi connectivity index (χ2n) is 5.20. The van der Waals surface area contributed by atoms with Crippen LogP contribution in [-0.4, -0.2) is 16.6 Å². The summed E-state index contributed by atoms with van der Waals surface area (Å²) in [5, 5.41) is 6.19. The first-order valence-electron chi connectivity index (χ1n) is 7.78. The molecular formula is C18H18FN5O. The van der Waals surface area contributed by atoms with Crippen molar-refractivity contribution in [1.82, 2.24) is 9.97 Å². The Morgan fingerprint density at radius 2 is 1.44 bits per heavy atom. The minimum atomic E-state index is -0.306. The molecule has 0 spiro atoms. The molecule has 2 aromatic carbocycles. The first kappa shape index (κ1) is 16.5. The van der Waals surface area contributed by atoms with Crippen molar-refractivity contribution >= 4 is 28.7 Å². The molecular weight excluding hydrogens is 321 g/mol. The van der Waals surface area contributed by atoms with Gasteiger partial charge in [-0.1, -0.05) is 0 Å². The van der Waals surface area contributed by atoms with Crippen molar-refractivity contribution in [2.24, 2.45) is 0 Å². The van der Waals surface area contributed by atoms with E-state index in [1.807, 2.05) is 31.2 Å². The molecule has 25 heavy (non-hydrogen) atoms. The molecule has 0 fully saturated rings. The molecule has 128 valence electrons. The second kappa shape index (κ2) is 7.48. The van der Waals surface area contributed by atoms with Gasteiger partial charge >= 0.3 is 0 Å². The van der Waals surface area contributed by atoms with Crippen molar-refractivity contribution in [3.05, 3.63) is 60.7 Å². The maximum Gasteiger partial charge on any atom is 0.159 e. The summed E-state index contributed by atoms with van der Waals surface area (Å²) >= 11 is 0. The molecule has 0 atom stereocenters. The molecule has 0 unspecified atom stereocenters. The normalized spacial score (nSPS) is 10.3. The van der Waals surface area contributed by atoms with Gasteiger partial charge in [-0.3, -0.25) is 0 Å². The van der Waals surface area contributed by atoms with Crippen LogP contribution in [0.25, 0.3) is 0 Å². The Balaban J connectivity index is 1.77. The number of ether oxygens (including phenoxy) is 1. The minimum Gasteiger partial charge on any atom is -0.494 e. The number of benzene rings is 2. The van der Waals surface area contributed by atoms with Crippen LogP contribution in [0, 0.1) is 5.82 Å². The van der Waals surface area contributed by atoms with Gasteiger partial charge in [-0.15, -0.1) is 0 Å². The van der Waals surface area contributed by atoms with Crippen LogP contribution in [0.4, 0.5) is 33.1 Å². The fraction of sp³-hybridized carbons (Fsp3) is 0.111. The zero-order chi connectivity index (χ0) is 17.6. The lowest BCUT2D eigenvalue weighted by atomic mass is 10.3. The molecule has 0 saturated heterocycles. The number of rotatable bonds is 6. The maximum absolute atomic E-state index is 13.0. The summed E-state index contributed by atoms with van der Waals surface area (Å²) in [5.41, 5.74) is 8.00. The zero-order valence-corrected chi connectivity index (χ0v) is 13.7. The Bertz CT molecular complexity index is 837. The molecule has 1 heterocycles. The SMILES string of the molecule is CCOc1ccc(Nc2ncnc(Nc3ccc(F)cc3)c2N)cc1. The lowest BCUT2D eigenvalue weighted by molar-refractivity contribution is 0.340. The molecule has 0 aliphatic heterocycles. The third kappa shape index (κ3) is 4.14. The van der Waals surface area contributed by atoms with Gasteiger partial charge in [-0.2, -0.15) is 0 Å². The summed E-state index contributed by atoms with van der Waals surface area (Å²) in [6.45, 7) is 2.55. The Labute approximate surface area is 144 Å². The van der Waals surface area contributed by atoms with Gasteiger partial charge < -0.3 is 21.1 Å². The van der Waals surface area contributed by atoms with E-state index in [2.05, 4.69) is 20.6 Å². The quantitative estimate of drug-likeness (QED) is 0.627. The van der Waals surface area contributed by atoms with E-state index < -0.39 is 0 Å². The summed E-state index contributed by atoms with van der Waals surface area (Å²) in [6.07, 6.45) is 1.40. The molecule has 0 aliphatic carbocycles. The van der Waals surface area contributed by atoms with E-state index in [9.17, 15) is 4.39 Å². The lowest BCUT2D eigenvalue weighted by Gasteiger charge is -2.13. The van der Waals surface area contributed by atoms with Crippen LogP contribution in [0.5, 0.6) is 5.75 Å². The van der Waals surface area contributed by atoms with E-state index in [0.29, 0.717) is 29.6 Å². The Hall–Kier alpha value is -3.35. The number of hydrogen-bond donors (Lipinski definition) is 3. The van der Waals surface area contributed by atoms with Crippen LogP contribution in [0.15, 0.2) is 54.9 Å². The predicted molar refractivity (Wildman–Crippen MR) is 97.0 cm³/mol. The van der Waals surface area contributed by atoms with Crippen molar-refractivity contribution in [1.29, 1.82) is 0 Å². The first-order valence-corrected chi connectivity index (χ1v) is 7.78. The van der Waals surface area contributed by atoms with E-state index in [-0.39, 0.29) is 5.82 Å². The largest absolute Gasteiger partial charge is 0.494 e. The highest BCUT2D eigenvalue weighted by atomic mass is 19.1. The van der Waals surface area contributed by atoms with E-state index in [1.165, 1.54) is 18.5 Å². The van der Waals surface area contributed by atoms with E-state index >= 15 is 0 Å². The number of nitrogens with two attached hydrogens (primary N) is 1. The third-order valence-electron chi connectivity index (χ3n) is 3.42. The van der Waals surface area contributed by atoms with Gasteiger partial charge in [-0.25, -0.2) is 14.4 Å². The Morgan fingerprint density at radius 3 is 1.96 bits per heavy atom. The Kier molecular flexibility index (Phi) is 4.94. The van der Waals surface area contributed by atoms with Crippen LogP contribution in [0.2, 0.25) is 0 Å². The van der Waals surface area contributed by atoms with Crippen molar-refractivity contribution in [3.8, 4) is 5.75 Å². The summed E-state index contributed by atoms with van der Waals surface area (Å²) in [5.74, 6) is 1.40. The van der Waals surface area contributed by atoms with Crippen molar-refractivity contribution in [2.75, 3.05) is 23.0 Å². The van der Waals surface area contributed by atoms with Crippen molar-refractivity contribution < 1.29 is 9.13 Å². The molecule has 3 aromatic rings. The summed E-state index contributed by atoms with van der Waals surface area (Å²) in [7, 11) is 0. The van der Waals surface area contributed by atoms with Crippen molar-refractivity contribution in [2.45, 2.75) is 6.92 Å². The number of halogens is 1. The van der Waals surface area contributed by atoms with Gasteiger partial charge in [0.15, 0.2) is 11.6 Å². The molecule has 3 rings (SSSR count). The molecule has 6 nitrogen and oxygen atoms in total. The van der Waals surface area contributed by atoms with Crippen LogP contribution in [0.1, 0.15) is 6.92 Å². The second-order valence-corrected chi connectivity index (χ2v) is 5.20. The van der Waals surface area contributed by atoms with E-state index in [4.69, 9.17) is 10.5 Å². The highest BCUT2D eigenvalue weighted by Gasteiger charge is 2.09. The fourth-order valence-electron chi connectivity index (χ4n) is 2.20. The topological polar surface area (TPSA) is 85.1 Å². The number of anilines is 5. The van der Waals surface area contributed by atoms with E-state index in [0.717, 1.165) is 11.4 Å². The average Bonchev–Trinajstić information content (AvgIpc) is 2.62. The van der Waals surface area contributed by atoms with Gasteiger partial charge in [0.25, 0.3) is 0 Å². The number of nitrogen functional groups attached to an aromatic ring is 1. The van der Waals surface area contributed by atoms with Crippen LogP contribution in [-0.2, 0) is 0 Å². The van der Waals surface area contributed by atoms with Crippen LogP contribution >= 0.6 is 0 Å². The highest BCUT2D eigenvalue weighted by Crippen LogP contribution is 2.28. The monoisotopic (exact) mass is 339 g/mol. The van der Waals surface area contributed by atoms with Gasteiger partial charge in [-0.05, 0) is 55.5 Å². The Morgan fingerprint density at radius 1 is 0.920 bits per heavy atom. The van der Waals surface area contributed by atoms with Gasteiger partial charge in [0.2, 0.25) is 0 Å². The smallest absolute Gasteiger partial charge is 0.159 e. The van der Waals surface area contributed by atoms with Gasteiger partial charge in [0.05, 0.1) is 6.61 Å². The number of nitrogens with one attached hydrogen (secondary N) is 2. The average molecular weight is 339 g/mol. The van der Waals surface area contributed by atoms with E-state index in [1.54, 1.807) is 12.1 Å².